The van der Waals surface area contributed by atoms with E-state index in [1.807, 2.05) is 25.1 Å². The van der Waals surface area contributed by atoms with Crippen LogP contribution in [0, 0.1) is 13.8 Å². The van der Waals surface area contributed by atoms with Crippen LogP contribution in [-0.2, 0) is 16.0 Å². The van der Waals surface area contributed by atoms with Crippen molar-refractivity contribution in [1.82, 2.24) is 19.7 Å². The van der Waals surface area contributed by atoms with E-state index in [0.29, 0.717) is 42.7 Å². The van der Waals surface area contributed by atoms with Gasteiger partial charge in [-0.15, -0.1) is 0 Å². The molecule has 2 aromatic carbocycles. The Kier molecular flexibility index (Phi) is 8.72. The van der Waals surface area contributed by atoms with Crippen molar-refractivity contribution in [3.63, 3.8) is 0 Å². The lowest BCUT2D eigenvalue weighted by atomic mass is 9.88. The van der Waals surface area contributed by atoms with Gasteiger partial charge < -0.3 is 20.1 Å². The van der Waals surface area contributed by atoms with E-state index in [1.165, 1.54) is 35.4 Å². The van der Waals surface area contributed by atoms with E-state index < -0.39 is 6.10 Å². The number of pyridine rings is 1. The quantitative estimate of drug-likeness (QED) is 0.240. The SMILES string of the molecule is CCOC(=O)c1cnn(-c2cccc(-c3cccc4c3C(Nc3ccc(C5CCN(C(=O)[C@H](C)O)CC5)cc3C)CC4)n2)c1C. The monoisotopic (exact) mass is 607 g/mol. The third kappa shape index (κ3) is 6.09. The Bertz CT molecular complexity index is 1720. The van der Waals surface area contributed by atoms with Gasteiger partial charge in [-0.05, 0) is 99.7 Å². The van der Waals surface area contributed by atoms with Gasteiger partial charge in [0.05, 0.1) is 30.2 Å². The predicted molar refractivity (Wildman–Crippen MR) is 174 cm³/mol. The van der Waals surface area contributed by atoms with Gasteiger partial charge in [0, 0.05) is 24.3 Å². The number of nitrogens with zero attached hydrogens (tertiary/aromatic N) is 4. The van der Waals surface area contributed by atoms with Gasteiger partial charge in [-0.1, -0.05) is 36.4 Å². The van der Waals surface area contributed by atoms with Crippen LogP contribution >= 0.6 is 0 Å². The molecular weight excluding hydrogens is 566 g/mol. The number of aryl methyl sites for hydroxylation is 2. The zero-order valence-corrected chi connectivity index (χ0v) is 26.4. The number of likely N-dealkylation sites (tertiary alicyclic amines) is 1. The molecule has 9 heteroatoms. The summed E-state index contributed by atoms with van der Waals surface area (Å²) in [4.78, 5) is 31.3. The molecule has 234 valence electrons. The summed E-state index contributed by atoms with van der Waals surface area (Å²) < 4.78 is 6.88. The molecular formula is C36H41N5O4. The Labute approximate surface area is 264 Å². The maximum Gasteiger partial charge on any atom is 0.341 e. The van der Waals surface area contributed by atoms with Crippen molar-refractivity contribution in [2.75, 3.05) is 25.0 Å². The number of benzene rings is 2. The van der Waals surface area contributed by atoms with Crippen LogP contribution in [0.5, 0.6) is 0 Å². The fourth-order valence-electron chi connectivity index (χ4n) is 6.78. The van der Waals surface area contributed by atoms with E-state index in [9.17, 15) is 14.7 Å². The van der Waals surface area contributed by atoms with Gasteiger partial charge in [0.2, 0.25) is 0 Å². The predicted octanol–water partition coefficient (Wildman–Crippen LogP) is 5.91. The molecule has 6 rings (SSSR count). The second-order valence-corrected chi connectivity index (χ2v) is 12.1. The molecule has 1 aliphatic carbocycles. The van der Waals surface area contributed by atoms with Gasteiger partial charge in [-0.25, -0.2) is 14.5 Å². The largest absolute Gasteiger partial charge is 0.462 e. The van der Waals surface area contributed by atoms with Crippen molar-refractivity contribution in [1.29, 1.82) is 0 Å². The number of carbonyl (C=O) groups excluding carboxylic acids is 2. The zero-order chi connectivity index (χ0) is 31.7. The molecule has 3 heterocycles. The number of rotatable bonds is 8. The number of aromatic nitrogens is 3. The van der Waals surface area contributed by atoms with E-state index in [1.54, 1.807) is 16.5 Å². The Morgan fingerprint density at radius 1 is 1.07 bits per heavy atom. The number of aliphatic hydroxyl groups excluding tert-OH is 1. The fourth-order valence-corrected chi connectivity index (χ4v) is 6.78. The zero-order valence-electron chi connectivity index (χ0n) is 26.4. The molecule has 0 radical (unpaired) electrons. The summed E-state index contributed by atoms with van der Waals surface area (Å²) in [6, 6.07) is 19.2. The van der Waals surface area contributed by atoms with Gasteiger partial charge >= 0.3 is 5.97 Å². The maximum absolute atomic E-state index is 12.4. The summed E-state index contributed by atoms with van der Waals surface area (Å²) in [7, 11) is 0. The second kappa shape index (κ2) is 12.9. The van der Waals surface area contributed by atoms with Gasteiger partial charge in [-0.2, -0.15) is 5.10 Å². The van der Waals surface area contributed by atoms with Crippen LogP contribution in [0.2, 0.25) is 0 Å². The highest BCUT2D eigenvalue weighted by molar-refractivity contribution is 5.90. The van der Waals surface area contributed by atoms with E-state index in [-0.39, 0.29) is 17.9 Å². The smallest absolute Gasteiger partial charge is 0.341 e. The van der Waals surface area contributed by atoms with Crippen LogP contribution in [-0.4, -0.2) is 62.4 Å². The van der Waals surface area contributed by atoms with Crippen molar-refractivity contribution >= 4 is 17.6 Å². The van der Waals surface area contributed by atoms with Gasteiger partial charge in [0.25, 0.3) is 5.91 Å². The molecule has 2 atom stereocenters. The minimum absolute atomic E-state index is 0.141. The van der Waals surface area contributed by atoms with E-state index >= 15 is 0 Å². The molecule has 9 nitrogen and oxygen atoms in total. The minimum Gasteiger partial charge on any atom is -0.462 e. The molecule has 1 fully saturated rings. The number of piperidine rings is 1. The van der Waals surface area contributed by atoms with E-state index in [4.69, 9.17) is 9.72 Å². The standard InChI is InChI=1S/C36H41N5O4/c1-5-45-36(44)29-21-37-41(23(29)3)33-11-7-10-31(39-33)28-9-6-8-26-12-15-32(34(26)28)38-30-14-13-27(20-22(30)2)25-16-18-40(19-17-25)35(43)24(4)42/h6-11,13-14,20-21,24-25,32,38,42H,5,12,15-19H2,1-4H3/t24-,32?/m0/s1. The number of ether oxygens (including phenoxy) is 1. The number of esters is 1. The normalized spacial score (nSPS) is 17.2. The van der Waals surface area contributed by atoms with Crippen molar-refractivity contribution < 1.29 is 19.4 Å². The highest BCUT2D eigenvalue weighted by Crippen LogP contribution is 2.41. The number of fused-ring (bicyclic) bond motifs is 1. The summed E-state index contributed by atoms with van der Waals surface area (Å²) in [5.74, 6) is 0.486. The summed E-state index contributed by atoms with van der Waals surface area (Å²) in [6.45, 7) is 8.99. The summed E-state index contributed by atoms with van der Waals surface area (Å²) in [5, 5.41) is 18.0. The van der Waals surface area contributed by atoms with Crippen LogP contribution in [0.15, 0.2) is 60.8 Å². The molecule has 1 saturated heterocycles. The molecule has 4 aromatic rings. The topological polar surface area (TPSA) is 110 Å². The fraction of sp³-hybridized carbons (Fsp3) is 0.389. The average Bonchev–Trinajstić information content (AvgIpc) is 3.65. The van der Waals surface area contributed by atoms with Crippen molar-refractivity contribution in [3.8, 4) is 17.1 Å². The Morgan fingerprint density at radius 3 is 2.58 bits per heavy atom. The molecule has 0 spiro atoms. The molecule has 2 aliphatic rings. The highest BCUT2D eigenvalue weighted by atomic mass is 16.5. The first-order valence-electron chi connectivity index (χ1n) is 15.9. The number of amides is 1. The first-order valence-corrected chi connectivity index (χ1v) is 15.9. The van der Waals surface area contributed by atoms with Crippen LogP contribution in [0.25, 0.3) is 17.1 Å². The molecule has 0 bridgehead atoms. The summed E-state index contributed by atoms with van der Waals surface area (Å²) >= 11 is 0. The number of aliphatic hydroxyl groups is 1. The first-order chi connectivity index (χ1) is 21.7. The maximum atomic E-state index is 12.4. The number of hydrogen-bond donors (Lipinski definition) is 2. The lowest BCUT2D eigenvalue weighted by molar-refractivity contribution is -0.140. The number of anilines is 1. The molecule has 2 N–H and O–H groups in total. The molecule has 2 aromatic heterocycles. The first kappa shape index (κ1) is 30.5. The number of hydrogen-bond acceptors (Lipinski definition) is 7. The molecule has 45 heavy (non-hydrogen) atoms. The number of nitrogens with one attached hydrogen (secondary N) is 1. The molecule has 1 aliphatic heterocycles. The Balaban J connectivity index is 1.21. The van der Waals surface area contributed by atoms with Crippen LogP contribution in [0.1, 0.15) is 83.4 Å². The Hall–Kier alpha value is -4.50. The van der Waals surface area contributed by atoms with Gasteiger partial charge in [0.15, 0.2) is 5.82 Å². The second-order valence-electron chi connectivity index (χ2n) is 12.1. The lowest BCUT2D eigenvalue weighted by Crippen LogP contribution is -2.42. The van der Waals surface area contributed by atoms with E-state index in [0.717, 1.165) is 42.6 Å². The average molecular weight is 608 g/mol. The van der Waals surface area contributed by atoms with Gasteiger partial charge in [0.1, 0.15) is 11.7 Å². The van der Waals surface area contributed by atoms with Crippen LogP contribution in [0.3, 0.4) is 0 Å². The number of carbonyl (C=O) groups is 2. The van der Waals surface area contributed by atoms with Crippen LogP contribution < -0.4 is 5.32 Å². The Morgan fingerprint density at radius 2 is 1.84 bits per heavy atom. The lowest BCUT2D eigenvalue weighted by Gasteiger charge is -2.33. The van der Waals surface area contributed by atoms with Crippen molar-refractivity contribution in [2.24, 2.45) is 0 Å². The van der Waals surface area contributed by atoms with Crippen molar-refractivity contribution in [2.45, 2.75) is 71.4 Å². The van der Waals surface area contributed by atoms with E-state index in [2.05, 4.69) is 53.7 Å². The summed E-state index contributed by atoms with van der Waals surface area (Å²) in [5.41, 5.74) is 9.29. The highest BCUT2D eigenvalue weighted by Gasteiger charge is 2.28. The molecule has 1 amide bonds. The third-order valence-electron chi connectivity index (χ3n) is 9.20. The van der Waals surface area contributed by atoms with Gasteiger partial charge in [-0.3, -0.25) is 4.79 Å². The van der Waals surface area contributed by atoms with Crippen LogP contribution in [0.4, 0.5) is 5.69 Å². The third-order valence-corrected chi connectivity index (χ3v) is 9.20. The molecule has 1 unspecified atom stereocenters. The van der Waals surface area contributed by atoms with Crippen molar-refractivity contribution in [3.05, 3.63) is 94.3 Å². The minimum atomic E-state index is -0.943. The summed E-state index contributed by atoms with van der Waals surface area (Å²) in [6.07, 6.45) is 4.38. The molecule has 0 saturated carbocycles.